The molecule has 0 aromatic carbocycles. The Morgan fingerprint density at radius 3 is 2.73 bits per heavy atom. The van der Waals surface area contributed by atoms with Crippen molar-refractivity contribution in [3.8, 4) is 0 Å². The van der Waals surface area contributed by atoms with Crippen molar-refractivity contribution < 1.29 is 0 Å². The van der Waals surface area contributed by atoms with E-state index in [1.165, 1.54) is 38.4 Å². The maximum atomic E-state index is 5.54. The first-order valence-electron chi connectivity index (χ1n) is 5.64. The second-order valence-corrected chi connectivity index (χ2v) is 3.67. The molecule has 0 fully saturated rings. The molecule has 0 saturated heterocycles. The molecular formula is C11H20N4. The summed E-state index contributed by atoms with van der Waals surface area (Å²) >= 11 is 0. The van der Waals surface area contributed by atoms with Crippen molar-refractivity contribution >= 4 is 11.6 Å². The second-order valence-electron chi connectivity index (χ2n) is 3.67. The van der Waals surface area contributed by atoms with Crippen LogP contribution in [0.4, 0.5) is 11.6 Å². The van der Waals surface area contributed by atoms with Gasteiger partial charge < -0.3 is 11.1 Å². The Labute approximate surface area is 91.3 Å². The van der Waals surface area contributed by atoms with Gasteiger partial charge in [-0.05, 0) is 6.42 Å². The zero-order valence-electron chi connectivity index (χ0n) is 9.37. The highest BCUT2D eigenvalue weighted by Gasteiger charge is 1.94. The van der Waals surface area contributed by atoms with Crippen molar-refractivity contribution in [2.24, 2.45) is 0 Å². The standard InChI is InChI=1S/C11H20N4/c1-2-3-4-5-6-7-13-11-8-10(12)14-9-15-11/h8-9H,2-7H2,1H3,(H3,12,13,14,15). The molecule has 4 heteroatoms. The highest BCUT2D eigenvalue weighted by Crippen LogP contribution is 2.06. The predicted molar refractivity (Wildman–Crippen MR) is 63.7 cm³/mol. The van der Waals surface area contributed by atoms with Crippen molar-refractivity contribution in [2.45, 2.75) is 39.0 Å². The lowest BCUT2D eigenvalue weighted by Crippen LogP contribution is -2.04. The Morgan fingerprint density at radius 1 is 1.20 bits per heavy atom. The number of rotatable bonds is 7. The smallest absolute Gasteiger partial charge is 0.131 e. The van der Waals surface area contributed by atoms with Crippen LogP contribution in [0, 0.1) is 0 Å². The van der Waals surface area contributed by atoms with Gasteiger partial charge in [0.25, 0.3) is 0 Å². The van der Waals surface area contributed by atoms with Crippen LogP contribution in [-0.2, 0) is 0 Å². The first-order valence-corrected chi connectivity index (χ1v) is 5.64. The highest BCUT2D eigenvalue weighted by atomic mass is 15.0. The summed E-state index contributed by atoms with van der Waals surface area (Å²) in [6.07, 6.45) is 7.89. The summed E-state index contributed by atoms with van der Waals surface area (Å²) in [6, 6.07) is 1.76. The average molecular weight is 208 g/mol. The van der Waals surface area contributed by atoms with Gasteiger partial charge in [0.05, 0.1) is 0 Å². The van der Waals surface area contributed by atoms with Gasteiger partial charge in [-0.15, -0.1) is 0 Å². The van der Waals surface area contributed by atoms with Crippen LogP contribution in [0.1, 0.15) is 39.0 Å². The van der Waals surface area contributed by atoms with E-state index in [0.717, 1.165) is 12.4 Å². The molecule has 15 heavy (non-hydrogen) atoms. The van der Waals surface area contributed by atoms with Gasteiger partial charge in [-0.2, -0.15) is 0 Å². The van der Waals surface area contributed by atoms with E-state index in [-0.39, 0.29) is 0 Å². The van der Waals surface area contributed by atoms with Crippen molar-refractivity contribution in [3.63, 3.8) is 0 Å². The SMILES string of the molecule is CCCCCCCNc1cc(N)ncn1. The van der Waals surface area contributed by atoms with E-state index in [0.29, 0.717) is 5.82 Å². The van der Waals surface area contributed by atoms with Crippen molar-refractivity contribution in [2.75, 3.05) is 17.6 Å². The number of anilines is 2. The van der Waals surface area contributed by atoms with Crippen LogP contribution < -0.4 is 11.1 Å². The monoisotopic (exact) mass is 208 g/mol. The van der Waals surface area contributed by atoms with E-state index >= 15 is 0 Å². The number of nitrogens with zero attached hydrogens (tertiary/aromatic N) is 2. The summed E-state index contributed by atoms with van der Waals surface area (Å²) in [5.74, 6) is 1.33. The summed E-state index contributed by atoms with van der Waals surface area (Å²) in [4.78, 5) is 7.91. The van der Waals surface area contributed by atoms with Crippen LogP contribution in [0.2, 0.25) is 0 Å². The van der Waals surface area contributed by atoms with Crippen molar-refractivity contribution in [3.05, 3.63) is 12.4 Å². The molecule has 0 saturated carbocycles. The van der Waals surface area contributed by atoms with Crippen LogP contribution in [0.5, 0.6) is 0 Å². The number of nitrogens with one attached hydrogen (secondary N) is 1. The summed E-state index contributed by atoms with van der Waals surface area (Å²) in [5, 5.41) is 3.23. The van der Waals surface area contributed by atoms with Crippen molar-refractivity contribution in [1.82, 2.24) is 9.97 Å². The van der Waals surface area contributed by atoms with Gasteiger partial charge in [0.1, 0.15) is 18.0 Å². The minimum Gasteiger partial charge on any atom is -0.384 e. The fraction of sp³-hybridized carbons (Fsp3) is 0.636. The Balaban J connectivity index is 2.10. The Hall–Kier alpha value is -1.32. The van der Waals surface area contributed by atoms with Gasteiger partial charge in [0.2, 0.25) is 0 Å². The van der Waals surface area contributed by atoms with Gasteiger partial charge in [0, 0.05) is 12.6 Å². The minimum atomic E-state index is 0.512. The Bertz CT molecular complexity index is 275. The number of hydrogen-bond acceptors (Lipinski definition) is 4. The average Bonchev–Trinajstić information content (AvgIpc) is 2.23. The van der Waals surface area contributed by atoms with Gasteiger partial charge in [-0.25, -0.2) is 9.97 Å². The summed E-state index contributed by atoms with van der Waals surface area (Å²) in [6.45, 7) is 3.18. The molecule has 3 N–H and O–H groups in total. The number of unbranched alkanes of at least 4 members (excludes halogenated alkanes) is 4. The van der Waals surface area contributed by atoms with Gasteiger partial charge in [-0.3, -0.25) is 0 Å². The molecule has 0 aliphatic heterocycles. The number of nitrogen functional groups attached to an aromatic ring is 1. The summed E-state index contributed by atoms with van der Waals surface area (Å²) in [5.41, 5.74) is 5.54. The molecule has 0 atom stereocenters. The molecule has 4 nitrogen and oxygen atoms in total. The molecule has 0 amide bonds. The zero-order valence-corrected chi connectivity index (χ0v) is 9.37. The molecule has 1 heterocycles. The van der Waals surface area contributed by atoms with Gasteiger partial charge in [0.15, 0.2) is 0 Å². The molecule has 0 aliphatic carbocycles. The summed E-state index contributed by atoms with van der Waals surface area (Å²) < 4.78 is 0. The van der Waals surface area contributed by atoms with E-state index in [4.69, 9.17) is 5.73 Å². The largest absolute Gasteiger partial charge is 0.384 e. The third-order valence-corrected chi connectivity index (χ3v) is 2.27. The van der Waals surface area contributed by atoms with Crippen LogP contribution in [0.25, 0.3) is 0 Å². The molecule has 84 valence electrons. The molecule has 0 radical (unpaired) electrons. The Morgan fingerprint density at radius 2 is 2.00 bits per heavy atom. The molecule has 1 aromatic heterocycles. The molecular weight excluding hydrogens is 188 g/mol. The normalized spacial score (nSPS) is 10.2. The zero-order chi connectivity index (χ0) is 10.9. The Kier molecular flexibility index (Phi) is 5.51. The first kappa shape index (κ1) is 11.8. The predicted octanol–water partition coefficient (Wildman–Crippen LogP) is 2.44. The molecule has 0 bridgehead atoms. The maximum absolute atomic E-state index is 5.54. The fourth-order valence-electron chi connectivity index (χ4n) is 1.41. The third kappa shape index (κ3) is 5.20. The minimum absolute atomic E-state index is 0.512. The first-order chi connectivity index (χ1) is 7.33. The number of aromatic nitrogens is 2. The number of hydrogen-bond donors (Lipinski definition) is 2. The molecule has 1 rings (SSSR count). The van der Waals surface area contributed by atoms with Crippen LogP contribution in [0.15, 0.2) is 12.4 Å². The second kappa shape index (κ2) is 7.04. The van der Waals surface area contributed by atoms with E-state index < -0.39 is 0 Å². The quantitative estimate of drug-likeness (QED) is 0.675. The van der Waals surface area contributed by atoms with E-state index in [1.807, 2.05) is 0 Å². The highest BCUT2D eigenvalue weighted by molar-refractivity contribution is 5.42. The van der Waals surface area contributed by atoms with Crippen LogP contribution in [0.3, 0.4) is 0 Å². The van der Waals surface area contributed by atoms with Crippen molar-refractivity contribution in [1.29, 1.82) is 0 Å². The van der Waals surface area contributed by atoms with E-state index in [2.05, 4.69) is 22.2 Å². The maximum Gasteiger partial charge on any atom is 0.131 e. The summed E-state index contributed by atoms with van der Waals surface area (Å²) in [7, 11) is 0. The topological polar surface area (TPSA) is 63.8 Å². The van der Waals surface area contributed by atoms with E-state index in [1.54, 1.807) is 6.07 Å². The molecule has 0 aliphatic rings. The molecule has 0 unspecified atom stereocenters. The van der Waals surface area contributed by atoms with Crippen LogP contribution in [-0.4, -0.2) is 16.5 Å². The lowest BCUT2D eigenvalue weighted by molar-refractivity contribution is 0.644. The van der Waals surface area contributed by atoms with E-state index in [9.17, 15) is 0 Å². The van der Waals surface area contributed by atoms with Gasteiger partial charge in [-0.1, -0.05) is 32.6 Å². The lowest BCUT2D eigenvalue weighted by atomic mass is 10.1. The fourth-order valence-corrected chi connectivity index (χ4v) is 1.41. The number of nitrogens with two attached hydrogens (primary N) is 1. The van der Waals surface area contributed by atoms with Gasteiger partial charge >= 0.3 is 0 Å². The van der Waals surface area contributed by atoms with Crippen LogP contribution >= 0.6 is 0 Å². The third-order valence-electron chi connectivity index (χ3n) is 2.27. The lowest BCUT2D eigenvalue weighted by Gasteiger charge is -2.05. The molecule has 0 spiro atoms. The molecule has 1 aromatic rings.